The van der Waals surface area contributed by atoms with Crippen LogP contribution in [0.5, 0.6) is 0 Å². The highest BCUT2D eigenvalue weighted by Gasteiger charge is 2.34. The number of nitrogens with zero attached hydrogens (tertiary/aromatic N) is 1. The Balaban J connectivity index is 1.77. The van der Waals surface area contributed by atoms with E-state index in [1.165, 1.54) is 49.9 Å². The van der Waals surface area contributed by atoms with Crippen LogP contribution in [-0.4, -0.2) is 12.6 Å². The summed E-state index contributed by atoms with van der Waals surface area (Å²) in [6, 6.07) is 10.0. The minimum atomic E-state index is 0.189. The maximum atomic E-state index is 6.09. The van der Waals surface area contributed by atoms with Crippen LogP contribution in [-0.2, 0) is 0 Å². The van der Waals surface area contributed by atoms with Crippen molar-refractivity contribution in [2.24, 2.45) is 11.7 Å². The van der Waals surface area contributed by atoms with E-state index in [0.29, 0.717) is 0 Å². The summed E-state index contributed by atoms with van der Waals surface area (Å²) in [5.41, 5.74) is 8.77. The first kappa shape index (κ1) is 13.0. The maximum Gasteiger partial charge on any atom is 0.0369 e. The zero-order chi connectivity index (χ0) is 13.2. The van der Waals surface area contributed by atoms with Crippen molar-refractivity contribution in [2.45, 2.75) is 57.5 Å². The third kappa shape index (κ3) is 2.51. The molecule has 2 unspecified atom stereocenters. The topological polar surface area (TPSA) is 29.3 Å². The zero-order valence-electron chi connectivity index (χ0n) is 12.0. The lowest BCUT2D eigenvalue weighted by Crippen LogP contribution is -2.42. The summed E-state index contributed by atoms with van der Waals surface area (Å²) in [5, 5.41) is 0. The van der Waals surface area contributed by atoms with E-state index in [1.54, 1.807) is 0 Å². The molecule has 0 radical (unpaired) electrons. The monoisotopic (exact) mass is 258 g/mol. The van der Waals surface area contributed by atoms with E-state index in [1.807, 2.05) is 0 Å². The summed E-state index contributed by atoms with van der Waals surface area (Å²) in [4.78, 5) is 2.66. The van der Waals surface area contributed by atoms with E-state index < -0.39 is 0 Å². The van der Waals surface area contributed by atoms with E-state index in [9.17, 15) is 0 Å². The highest BCUT2D eigenvalue weighted by Crippen LogP contribution is 2.39. The van der Waals surface area contributed by atoms with Gasteiger partial charge in [-0.25, -0.2) is 0 Å². The molecule has 0 amide bonds. The molecule has 0 aromatic heterocycles. The summed E-state index contributed by atoms with van der Waals surface area (Å²) < 4.78 is 0. The first-order chi connectivity index (χ1) is 9.29. The third-order valence-corrected chi connectivity index (χ3v) is 5.09. The van der Waals surface area contributed by atoms with Gasteiger partial charge in [0, 0.05) is 24.3 Å². The van der Waals surface area contributed by atoms with Gasteiger partial charge in [-0.3, -0.25) is 0 Å². The first-order valence-electron chi connectivity index (χ1n) is 7.91. The molecule has 1 saturated carbocycles. The lowest BCUT2D eigenvalue weighted by atomic mass is 9.91. The van der Waals surface area contributed by atoms with Gasteiger partial charge in [0.05, 0.1) is 0 Å². The molecule has 2 aliphatic rings. The second-order valence-corrected chi connectivity index (χ2v) is 6.20. The van der Waals surface area contributed by atoms with Gasteiger partial charge in [0.25, 0.3) is 0 Å². The van der Waals surface area contributed by atoms with Crippen molar-refractivity contribution in [1.82, 2.24) is 0 Å². The van der Waals surface area contributed by atoms with Crippen LogP contribution in [0.4, 0.5) is 5.69 Å². The Kier molecular flexibility index (Phi) is 3.79. The van der Waals surface area contributed by atoms with Gasteiger partial charge in [-0.15, -0.1) is 0 Å². The molecule has 2 heteroatoms. The fourth-order valence-electron chi connectivity index (χ4n) is 3.92. The summed E-state index contributed by atoms with van der Waals surface area (Å²) in [6.45, 7) is 3.38. The van der Waals surface area contributed by atoms with Gasteiger partial charge in [0.1, 0.15) is 0 Å². The Morgan fingerprint density at radius 2 is 1.89 bits per heavy atom. The van der Waals surface area contributed by atoms with E-state index in [0.717, 1.165) is 18.4 Å². The molecule has 0 spiro atoms. The molecule has 2 fully saturated rings. The molecule has 2 N–H and O–H groups in total. The molecule has 104 valence electrons. The van der Waals surface area contributed by atoms with Crippen LogP contribution in [0.1, 0.15) is 57.1 Å². The molecule has 1 aromatic rings. The van der Waals surface area contributed by atoms with Gasteiger partial charge in [0.2, 0.25) is 0 Å². The highest BCUT2D eigenvalue weighted by molar-refractivity contribution is 5.49. The van der Waals surface area contributed by atoms with Crippen molar-refractivity contribution in [3.05, 3.63) is 29.8 Å². The standard InChI is InChI=1S/C17H26N2/c1-2-16(18)13-8-10-15(11-9-13)19-12-4-6-14-5-3-7-17(14)19/h8-11,14,16-17H,2-7,12,18H2,1H3/t14?,16-,17?/m0/s1. The summed E-state index contributed by atoms with van der Waals surface area (Å²) >= 11 is 0. The van der Waals surface area contributed by atoms with Crippen LogP contribution >= 0.6 is 0 Å². The Morgan fingerprint density at radius 3 is 2.63 bits per heavy atom. The molecule has 1 aromatic carbocycles. The van der Waals surface area contributed by atoms with E-state index >= 15 is 0 Å². The summed E-state index contributed by atoms with van der Waals surface area (Å²) in [6.07, 6.45) is 8.07. The van der Waals surface area contributed by atoms with Gasteiger partial charge >= 0.3 is 0 Å². The number of hydrogen-bond acceptors (Lipinski definition) is 2. The first-order valence-corrected chi connectivity index (χ1v) is 7.91. The van der Waals surface area contributed by atoms with Crippen LogP contribution in [0.3, 0.4) is 0 Å². The van der Waals surface area contributed by atoms with E-state index in [2.05, 4.69) is 36.1 Å². The minimum Gasteiger partial charge on any atom is -0.368 e. The van der Waals surface area contributed by atoms with Crippen LogP contribution in [0.2, 0.25) is 0 Å². The van der Waals surface area contributed by atoms with Crippen LogP contribution < -0.4 is 10.6 Å². The minimum absolute atomic E-state index is 0.189. The Labute approximate surface area is 117 Å². The number of fused-ring (bicyclic) bond motifs is 1. The third-order valence-electron chi connectivity index (χ3n) is 5.09. The molecule has 0 bridgehead atoms. The molecule has 19 heavy (non-hydrogen) atoms. The quantitative estimate of drug-likeness (QED) is 0.892. The van der Waals surface area contributed by atoms with Gasteiger partial charge in [-0.1, -0.05) is 25.5 Å². The second-order valence-electron chi connectivity index (χ2n) is 6.20. The molecule has 2 nitrogen and oxygen atoms in total. The van der Waals surface area contributed by atoms with Crippen molar-refractivity contribution in [1.29, 1.82) is 0 Å². The fraction of sp³-hybridized carbons (Fsp3) is 0.647. The van der Waals surface area contributed by atoms with Crippen LogP contribution in [0, 0.1) is 5.92 Å². The van der Waals surface area contributed by atoms with Gasteiger partial charge < -0.3 is 10.6 Å². The maximum absolute atomic E-state index is 6.09. The number of hydrogen-bond donors (Lipinski definition) is 1. The molecule has 1 aliphatic carbocycles. The zero-order valence-corrected chi connectivity index (χ0v) is 12.0. The molecular weight excluding hydrogens is 232 g/mol. The lowest BCUT2D eigenvalue weighted by Gasteiger charge is -2.39. The van der Waals surface area contributed by atoms with Crippen LogP contribution in [0.15, 0.2) is 24.3 Å². The molecular formula is C17H26N2. The van der Waals surface area contributed by atoms with Crippen molar-refractivity contribution < 1.29 is 0 Å². The Bertz CT molecular complexity index is 412. The van der Waals surface area contributed by atoms with E-state index in [4.69, 9.17) is 5.73 Å². The average molecular weight is 258 g/mol. The summed E-state index contributed by atoms with van der Waals surface area (Å²) in [5.74, 6) is 0.950. The Hall–Kier alpha value is -1.02. The second kappa shape index (κ2) is 5.54. The van der Waals surface area contributed by atoms with Crippen molar-refractivity contribution >= 4 is 5.69 Å². The van der Waals surface area contributed by atoms with Crippen molar-refractivity contribution in [3.8, 4) is 0 Å². The van der Waals surface area contributed by atoms with Gasteiger partial charge in [-0.2, -0.15) is 0 Å². The molecule has 3 rings (SSSR count). The fourth-order valence-corrected chi connectivity index (χ4v) is 3.92. The highest BCUT2D eigenvalue weighted by atomic mass is 15.2. The number of nitrogens with two attached hydrogens (primary N) is 1. The molecule has 3 atom stereocenters. The number of anilines is 1. The normalized spacial score (nSPS) is 28.2. The van der Waals surface area contributed by atoms with Crippen molar-refractivity contribution in [3.63, 3.8) is 0 Å². The predicted molar refractivity (Wildman–Crippen MR) is 81.4 cm³/mol. The Morgan fingerprint density at radius 1 is 1.16 bits per heavy atom. The van der Waals surface area contributed by atoms with E-state index in [-0.39, 0.29) is 6.04 Å². The summed E-state index contributed by atoms with van der Waals surface area (Å²) in [7, 11) is 0. The van der Waals surface area contributed by atoms with Gasteiger partial charge in [0.15, 0.2) is 0 Å². The average Bonchev–Trinajstić information content (AvgIpc) is 2.95. The molecule has 1 heterocycles. The predicted octanol–water partition coefficient (Wildman–Crippen LogP) is 3.87. The van der Waals surface area contributed by atoms with Gasteiger partial charge in [-0.05, 0) is 55.7 Å². The molecule has 1 saturated heterocycles. The number of rotatable bonds is 3. The van der Waals surface area contributed by atoms with Crippen LogP contribution in [0.25, 0.3) is 0 Å². The smallest absolute Gasteiger partial charge is 0.0369 e. The SMILES string of the molecule is CC[C@H](N)c1ccc(N2CCCC3CCCC32)cc1. The largest absolute Gasteiger partial charge is 0.368 e. The number of piperidine rings is 1. The number of benzene rings is 1. The van der Waals surface area contributed by atoms with Crippen molar-refractivity contribution in [2.75, 3.05) is 11.4 Å². The lowest BCUT2D eigenvalue weighted by molar-refractivity contribution is 0.362. The molecule has 1 aliphatic heterocycles.